The molecule has 16 heavy (non-hydrogen) atoms. The van der Waals surface area contributed by atoms with Gasteiger partial charge >= 0.3 is 0 Å². The van der Waals surface area contributed by atoms with Crippen LogP contribution in [0.5, 0.6) is 0 Å². The Morgan fingerprint density at radius 1 is 1.25 bits per heavy atom. The Morgan fingerprint density at radius 2 is 2.19 bits per heavy atom. The highest BCUT2D eigenvalue weighted by atomic mass is 15.1. The third kappa shape index (κ3) is 0.979. The van der Waals surface area contributed by atoms with Crippen molar-refractivity contribution in [3.63, 3.8) is 0 Å². The molecule has 1 N–H and O–H groups in total. The van der Waals surface area contributed by atoms with Crippen LogP contribution >= 0.6 is 0 Å². The van der Waals surface area contributed by atoms with Crippen LogP contribution in [0.25, 0.3) is 6.08 Å². The summed E-state index contributed by atoms with van der Waals surface area (Å²) in [6.45, 7) is 1.96. The molecule has 0 aromatic carbocycles. The van der Waals surface area contributed by atoms with Gasteiger partial charge in [-0.25, -0.2) is 20.0 Å². The molecule has 0 bridgehead atoms. The average molecular weight is 211 g/mol. The van der Waals surface area contributed by atoms with Gasteiger partial charge in [-0.1, -0.05) is 0 Å². The van der Waals surface area contributed by atoms with Gasteiger partial charge < -0.3 is 5.32 Å². The molecule has 1 saturated heterocycles. The van der Waals surface area contributed by atoms with Crippen LogP contribution in [0, 0.1) is 5.92 Å². The number of amidine groups is 1. The highest BCUT2D eigenvalue weighted by Gasteiger charge is 2.25. The normalized spacial score (nSPS) is 20.6. The van der Waals surface area contributed by atoms with E-state index in [1.54, 1.807) is 12.4 Å². The summed E-state index contributed by atoms with van der Waals surface area (Å²) >= 11 is 0. The molecule has 4 rings (SSSR count). The fourth-order valence-electron chi connectivity index (χ4n) is 2.05. The monoisotopic (exact) mass is 211 g/mol. The summed E-state index contributed by atoms with van der Waals surface area (Å²) in [5, 5.41) is 5.17. The lowest BCUT2D eigenvalue weighted by Crippen LogP contribution is -2.46. The number of nitrogens with one attached hydrogen (secondary N) is 1. The molecule has 78 valence electrons. The van der Waals surface area contributed by atoms with Crippen LogP contribution in [0.15, 0.2) is 21.2 Å². The first-order chi connectivity index (χ1) is 7.92. The van der Waals surface area contributed by atoms with E-state index in [9.17, 15) is 0 Å². The molecule has 0 unspecified atom stereocenters. The largest absolute Gasteiger partial charge is 0.315 e. The third-order valence-corrected chi connectivity index (χ3v) is 3.09. The predicted molar refractivity (Wildman–Crippen MR) is 61.1 cm³/mol. The SMILES string of the molecule is C1=Nc2ncc3c(c2=C1)=NC(C1CNC1)=N3. The van der Waals surface area contributed by atoms with Crippen LogP contribution in [-0.2, 0) is 0 Å². The van der Waals surface area contributed by atoms with Gasteiger partial charge in [-0.2, -0.15) is 0 Å². The summed E-state index contributed by atoms with van der Waals surface area (Å²) in [5.41, 5.74) is 0.877. The lowest BCUT2D eigenvalue weighted by Gasteiger charge is -2.25. The summed E-state index contributed by atoms with van der Waals surface area (Å²) in [7, 11) is 0. The van der Waals surface area contributed by atoms with Crippen molar-refractivity contribution in [2.24, 2.45) is 20.9 Å². The molecule has 0 amide bonds. The minimum Gasteiger partial charge on any atom is -0.315 e. The molecule has 1 aromatic heterocycles. The summed E-state index contributed by atoms with van der Waals surface area (Å²) in [5.74, 6) is 2.15. The standard InChI is InChI=1S/C11H9N5/c1-2-13-11-7(1)9-8(5-14-11)15-10(16-9)6-3-12-4-6/h1-2,5-6,12H,3-4H2. The zero-order valence-electron chi connectivity index (χ0n) is 8.51. The number of fused-ring (bicyclic) bond motifs is 3. The third-order valence-electron chi connectivity index (χ3n) is 3.09. The van der Waals surface area contributed by atoms with E-state index in [0.717, 1.165) is 41.0 Å². The van der Waals surface area contributed by atoms with Gasteiger partial charge in [0.1, 0.15) is 16.9 Å². The fraction of sp³-hybridized carbons (Fsp3) is 0.273. The zero-order valence-corrected chi connectivity index (χ0v) is 8.51. The number of rotatable bonds is 1. The minimum atomic E-state index is 0.463. The van der Waals surface area contributed by atoms with E-state index in [4.69, 9.17) is 0 Å². The van der Waals surface area contributed by atoms with Crippen molar-refractivity contribution in [2.75, 3.05) is 13.1 Å². The van der Waals surface area contributed by atoms with Crippen molar-refractivity contribution in [3.05, 3.63) is 16.8 Å². The number of aromatic nitrogens is 1. The van der Waals surface area contributed by atoms with E-state index in [-0.39, 0.29) is 0 Å². The number of pyridine rings is 1. The molecule has 1 fully saturated rings. The van der Waals surface area contributed by atoms with E-state index >= 15 is 0 Å². The topological polar surface area (TPSA) is 62.0 Å². The molecule has 3 aliphatic rings. The van der Waals surface area contributed by atoms with Crippen molar-refractivity contribution in [1.29, 1.82) is 0 Å². The van der Waals surface area contributed by atoms with Gasteiger partial charge in [0, 0.05) is 30.4 Å². The minimum absolute atomic E-state index is 0.463. The van der Waals surface area contributed by atoms with Gasteiger partial charge in [0.25, 0.3) is 0 Å². The van der Waals surface area contributed by atoms with Crippen LogP contribution in [0.1, 0.15) is 0 Å². The van der Waals surface area contributed by atoms with Gasteiger partial charge in [0.15, 0.2) is 5.82 Å². The van der Waals surface area contributed by atoms with Crippen LogP contribution in [0.4, 0.5) is 11.5 Å². The van der Waals surface area contributed by atoms with Crippen molar-refractivity contribution >= 4 is 29.6 Å². The molecule has 0 radical (unpaired) electrons. The fourth-order valence-corrected chi connectivity index (χ4v) is 2.05. The quantitative estimate of drug-likeness (QED) is 0.678. The average Bonchev–Trinajstić information content (AvgIpc) is 2.76. The van der Waals surface area contributed by atoms with E-state index in [1.807, 2.05) is 6.08 Å². The Bertz CT molecular complexity index is 652. The number of hydrogen-bond donors (Lipinski definition) is 1. The highest BCUT2D eigenvalue weighted by molar-refractivity contribution is 5.97. The number of hydrogen-bond acceptors (Lipinski definition) is 5. The van der Waals surface area contributed by atoms with Gasteiger partial charge in [-0.05, 0) is 6.08 Å². The summed E-state index contributed by atoms with van der Waals surface area (Å²) in [6.07, 6.45) is 5.46. The lowest BCUT2D eigenvalue weighted by atomic mass is 10.0. The Balaban J connectivity index is 1.92. The van der Waals surface area contributed by atoms with Crippen LogP contribution in [-0.4, -0.2) is 30.1 Å². The van der Waals surface area contributed by atoms with Crippen molar-refractivity contribution in [2.45, 2.75) is 0 Å². The van der Waals surface area contributed by atoms with Gasteiger partial charge in [-0.3, -0.25) is 0 Å². The molecular weight excluding hydrogens is 202 g/mol. The second-order valence-corrected chi connectivity index (χ2v) is 4.11. The summed E-state index contributed by atoms with van der Waals surface area (Å²) in [4.78, 5) is 17.5. The van der Waals surface area contributed by atoms with E-state index in [2.05, 4.69) is 25.3 Å². The first kappa shape index (κ1) is 8.29. The molecule has 4 heterocycles. The number of nitrogens with zero attached hydrogens (tertiary/aromatic N) is 4. The smallest absolute Gasteiger partial charge is 0.161 e. The maximum absolute atomic E-state index is 4.60. The molecule has 0 atom stereocenters. The van der Waals surface area contributed by atoms with E-state index in [0.29, 0.717) is 5.92 Å². The van der Waals surface area contributed by atoms with Gasteiger partial charge in [-0.15, -0.1) is 0 Å². The highest BCUT2D eigenvalue weighted by Crippen LogP contribution is 2.17. The van der Waals surface area contributed by atoms with Crippen molar-refractivity contribution < 1.29 is 0 Å². The summed E-state index contributed by atoms with van der Waals surface area (Å²) < 4.78 is 0. The van der Waals surface area contributed by atoms with Crippen LogP contribution in [0.3, 0.4) is 0 Å². The zero-order chi connectivity index (χ0) is 10.5. The Morgan fingerprint density at radius 3 is 3.00 bits per heavy atom. The Labute approximate surface area is 91.4 Å². The first-order valence-corrected chi connectivity index (χ1v) is 5.33. The lowest BCUT2D eigenvalue weighted by molar-refractivity contribution is 0.441. The van der Waals surface area contributed by atoms with Crippen LogP contribution < -0.4 is 15.9 Å². The maximum Gasteiger partial charge on any atom is 0.161 e. The molecule has 1 aromatic rings. The molecule has 0 aliphatic carbocycles. The molecular formula is C11H9N5. The van der Waals surface area contributed by atoms with Crippen molar-refractivity contribution in [1.82, 2.24) is 10.3 Å². The van der Waals surface area contributed by atoms with Gasteiger partial charge in [0.2, 0.25) is 0 Å². The second-order valence-electron chi connectivity index (χ2n) is 4.11. The first-order valence-electron chi connectivity index (χ1n) is 5.33. The van der Waals surface area contributed by atoms with Crippen LogP contribution in [0.2, 0.25) is 0 Å². The molecule has 5 heteroatoms. The maximum atomic E-state index is 4.60. The summed E-state index contributed by atoms with van der Waals surface area (Å²) in [6, 6.07) is 0. The van der Waals surface area contributed by atoms with E-state index in [1.165, 1.54) is 0 Å². The molecule has 0 spiro atoms. The Hall–Kier alpha value is -1.88. The molecule has 0 saturated carbocycles. The van der Waals surface area contributed by atoms with E-state index < -0.39 is 0 Å². The van der Waals surface area contributed by atoms with Gasteiger partial charge in [0.05, 0.1) is 6.20 Å². The van der Waals surface area contributed by atoms with Crippen molar-refractivity contribution in [3.8, 4) is 0 Å². The predicted octanol–water partition coefficient (Wildman–Crippen LogP) is -0.539. The Kier molecular flexibility index (Phi) is 1.46. The molecule has 3 aliphatic heterocycles. The molecule has 5 nitrogen and oxygen atoms in total. The number of aliphatic imine (C=N–C) groups is 2. The second kappa shape index (κ2) is 2.82.